The first-order chi connectivity index (χ1) is 15.7. The minimum atomic E-state index is -5.43. The van der Waals surface area contributed by atoms with Gasteiger partial charge in [-0.05, 0) is 37.1 Å². The zero-order valence-corrected chi connectivity index (χ0v) is 22.3. The maximum Gasteiger partial charge on any atom is 1.00 e. The summed E-state index contributed by atoms with van der Waals surface area (Å²) in [6.45, 7) is -1.09. The molecule has 0 aliphatic heterocycles. The van der Waals surface area contributed by atoms with Gasteiger partial charge in [0.1, 0.15) is 15.9 Å². The Morgan fingerprint density at radius 1 is 0.771 bits per heavy atom. The van der Waals surface area contributed by atoms with Gasteiger partial charge in [0.15, 0.2) is 0 Å². The third kappa shape index (κ3) is 15.1. The number of alkyl halides is 6. The van der Waals surface area contributed by atoms with E-state index in [4.69, 9.17) is 4.74 Å². The van der Waals surface area contributed by atoms with Crippen LogP contribution in [-0.4, -0.2) is 43.0 Å². The van der Waals surface area contributed by atoms with Gasteiger partial charge in [0.25, 0.3) is 0 Å². The van der Waals surface area contributed by atoms with E-state index in [1.54, 1.807) is 0 Å². The molecule has 196 valence electrons. The first-order valence-electron chi connectivity index (χ1n) is 10.9. The number of ether oxygens (including phenoxy) is 1. The second-order valence-electron chi connectivity index (χ2n) is 7.77. The van der Waals surface area contributed by atoms with E-state index in [9.17, 15) is 44.1 Å². The molecule has 0 aromatic heterocycles. The monoisotopic (exact) mass is 543 g/mol. The zero-order chi connectivity index (χ0) is 25.8. The van der Waals surface area contributed by atoms with Crippen molar-refractivity contribution in [2.45, 2.75) is 88.1 Å². The minimum Gasteiger partial charge on any atom is -0.744 e. The average Bonchev–Trinajstić information content (AvgIpc) is 2.69. The molecule has 0 saturated heterocycles. The van der Waals surface area contributed by atoms with Crippen molar-refractivity contribution in [1.29, 1.82) is 0 Å². The molecule has 0 spiro atoms. The Bertz CT molecular complexity index is 833. The van der Waals surface area contributed by atoms with E-state index in [1.165, 1.54) is 12.1 Å². The topological polar surface area (TPSA) is 86.7 Å². The van der Waals surface area contributed by atoms with E-state index in [-0.39, 0.29) is 48.1 Å². The van der Waals surface area contributed by atoms with Crippen LogP contribution in [0.1, 0.15) is 70.6 Å². The number of hydrogen-bond donors (Lipinski definition) is 0. The fraction of sp³-hybridized carbons (Fsp3) is 0.667. The number of nitrogens with zero attached hydrogens (tertiary/aromatic N) is 1. The molecular formula is C21H28F6NNaO5S. The predicted octanol–water partition coefficient (Wildman–Crippen LogP) is 3.13. The predicted molar refractivity (Wildman–Crippen MR) is 110 cm³/mol. The van der Waals surface area contributed by atoms with E-state index < -0.39 is 45.0 Å². The van der Waals surface area contributed by atoms with Crippen LogP contribution in [0.25, 0.3) is 0 Å². The van der Waals surface area contributed by atoms with E-state index in [1.807, 2.05) is 0 Å². The van der Waals surface area contributed by atoms with Crippen LogP contribution in [0.5, 0.6) is 5.75 Å². The fourth-order valence-electron chi connectivity index (χ4n) is 3.21. The van der Waals surface area contributed by atoms with Crippen LogP contribution in [0.3, 0.4) is 0 Å². The van der Waals surface area contributed by atoms with Crippen molar-refractivity contribution in [1.82, 2.24) is 4.90 Å². The molecule has 6 nitrogen and oxygen atoms in total. The molecule has 0 atom stereocenters. The number of esters is 1. The quantitative estimate of drug-likeness (QED) is 0.0643. The second kappa shape index (κ2) is 16.1. The van der Waals surface area contributed by atoms with Crippen molar-refractivity contribution in [3.8, 4) is 5.75 Å². The van der Waals surface area contributed by atoms with Crippen molar-refractivity contribution in [2.24, 2.45) is 0 Å². The van der Waals surface area contributed by atoms with E-state index in [2.05, 4.69) is 0 Å². The molecule has 0 fully saturated rings. The van der Waals surface area contributed by atoms with Crippen molar-refractivity contribution >= 4 is 16.1 Å². The summed E-state index contributed by atoms with van der Waals surface area (Å²) in [5, 5.41) is 0. The van der Waals surface area contributed by atoms with Crippen LogP contribution in [0.4, 0.5) is 26.3 Å². The largest absolute Gasteiger partial charge is 1.00 e. The van der Waals surface area contributed by atoms with E-state index >= 15 is 0 Å². The van der Waals surface area contributed by atoms with Gasteiger partial charge in [-0.25, -0.2) is 8.42 Å². The van der Waals surface area contributed by atoms with Gasteiger partial charge in [-0.2, -0.15) is 26.3 Å². The molecule has 1 aromatic rings. The maximum absolute atomic E-state index is 12.4. The fourth-order valence-corrected chi connectivity index (χ4v) is 3.68. The van der Waals surface area contributed by atoms with Gasteiger partial charge in [0.2, 0.25) is 0 Å². The van der Waals surface area contributed by atoms with E-state index in [0.717, 1.165) is 50.7 Å². The van der Waals surface area contributed by atoms with Crippen molar-refractivity contribution < 1.29 is 78.4 Å². The van der Waals surface area contributed by atoms with Crippen LogP contribution in [-0.2, 0) is 14.9 Å². The molecule has 0 radical (unpaired) electrons. The van der Waals surface area contributed by atoms with Gasteiger partial charge in [-0.15, -0.1) is 4.90 Å². The molecule has 0 aliphatic rings. The number of halogens is 6. The number of benzene rings is 1. The molecule has 0 saturated carbocycles. The van der Waals surface area contributed by atoms with Crippen molar-refractivity contribution in [3.63, 3.8) is 0 Å². The number of unbranched alkanes of at least 4 members (excludes halogenated alkanes) is 9. The van der Waals surface area contributed by atoms with Crippen LogP contribution in [0, 0.1) is 0 Å². The molecule has 0 aliphatic carbocycles. The standard InChI is InChI=1S/C21H29F6NO5S.Na/c22-20(23,24)28(21(25,26)27)16-10-8-6-4-2-1-3-5-7-9-11-19(29)33-17-12-14-18(15-13-17)34(30,31)32;/h12-15H,1-11,16H2,(H,30,31,32);/q;+1/p-1. The molecular weight excluding hydrogens is 515 g/mol. The molecule has 1 rings (SSSR count). The summed E-state index contributed by atoms with van der Waals surface area (Å²) in [4.78, 5) is 9.97. The van der Waals surface area contributed by atoms with Crippen LogP contribution in [0.2, 0.25) is 0 Å². The zero-order valence-electron chi connectivity index (χ0n) is 19.5. The molecule has 0 heterocycles. The molecule has 1 aromatic carbocycles. The van der Waals surface area contributed by atoms with Gasteiger partial charge in [-0.1, -0.05) is 51.4 Å². The smallest absolute Gasteiger partial charge is 0.744 e. The Labute approximate surface area is 223 Å². The first-order valence-corrected chi connectivity index (χ1v) is 12.3. The summed E-state index contributed by atoms with van der Waals surface area (Å²) in [7, 11) is -4.56. The first kappa shape index (κ1) is 34.1. The van der Waals surface area contributed by atoms with Gasteiger partial charge >= 0.3 is 48.1 Å². The van der Waals surface area contributed by atoms with Crippen LogP contribution in [0.15, 0.2) is 29.2 Å². The number of carbonyl (C=O) groups is 1. The summed E-state index contributed by atoms with van der Waals surface area (Å²) in [5.74, 6) is -0.339. The number of rotatable bonds is 15. The third-order valence-corrected chi connectivity index (χ3v) is 5.82. The van der Waals surface area contributed by atoms with Crippen LogP contribution >= 0.6 is 0 Å². The molecule has 0 N–H and O–H groups in total. The van der Waals surface area contributed by atoms with Gasteiger partial charge in [-0.3, -0.25) is 4.79 Å². The number of hydrogen-bond acceptors (Lipinski definition) is 6. The normalized spacial score (nSPS) is 12.5. The molecule has 14 heteroatoms. The molecule has 0 unspecified atom stereocenters. The van der Waals surface area contributed by atoms with Gasteiger partial charge < -0.3 is 9.29 Å². The molecule has 35 heavy (non-hydrogen) atoms. The second-order valence-corrected chi connectivity index (χ2v) is 9.15. The molecule has 0 amide bonds. The number of carbonyl (C=O) groups excluding carboxylic acids is 1. The summed E-state index contributed by atoms with van der Waals surface area (Å²) >= 11 is 0. The van der Waals surface area contributed by atoms with Crippen molar-refractivity contribution in [3.05, 3.63) is 24.3 Å². The Morgan fingerprint density at radius 3 is 1.57 bits per heavy atom. The average molecular weight is 544 g/mol. The summed E-state index contributed by atoms with van der Waals surface area (Å²) in [6, 6.07) is 4.58. The summed E-state index contributed by atoms with van der Waals surface area (Å²) in [6.07, 6.45) is -4.40. The molecule has 0 bridgehead atoms. The van der Waals surface area contributed by atoms with Crippen molar-refractivity contribution in [2.75, 3.05) is 6.54 Å². The summed E-state index contributed by atoms with van der Waals surface area (Å²) in [5.41, 5.74) is 0. The van der Waals surface area contributed by atoms with Gasteiger partial charge in [0, 0.05) is 13.0 Å². The SMILES string of the molecule is O=C(CCCCCCCCCCCCN(C(F)(F)F)C(F)(F)F)Oc1ccc(S(=O)(=O)[O-])cc1.[Na+]. The van der Waals surface area contributed by atoms with Crippen LogP contribution < -0.4 is 34.3 Å². The Balaban J connectivity index is 0.0000116. The Morgan fingerprint density at radius 2 is 1.17 bits per heavy atom. The van der Waals surface area contributed by atoms with E-state index in [0.29, 0.717) is 19.3 Å². The maximum atomic E-state index is 12.4. The minimum absolute atomic E-state index is 0. The third-order valence-electron chi connectivity index (χ3n) is 4.97. The summed E-state index contributed by atoms with van der Waals surface area (Å²) < 4.78 is 112. The Hall–Kier alpha value is -0.860. The van der Waals surface area contributed by atoms with Gasteiger partial charge in [0.05, 0.1) is 4.90 Å². The Kier molecular flexibility index (Phi) is 15.7.